The summed E-state index contributed by atoms with van der Waals surface area (Å²) in [7, 11) is 0. The van der Waals surface area contributed by atoms with Crippen LogP contribution in [-0.4, -0.2) is 0 Å². The molecule has 0 bridgehead atoms. The van der Waals surface area contributed by atoms with Gasteiger partial charge in [0.05, 0.1) is 16.8 Å². The molecule has 1 aliphatic rings. The standard InChI is InChI=1S/C67H43NO/c1-3-21-47(22-4-1)67(48-23-5-2-6-24-48)60-33-15-13-30-58(60)64-61(67)34-18-36-63(64)68(49-40-37-45(38-41-49)59-43-46-20-8-9-25-50(46)52-27-11-12-28-53(52)59)62-35-16-14-29-54(62)55-31-17-32-56-57-42-39-44-19-7-10-26-51(44)65(57)69-66(55)56/h1-43H. The first-order chi connectivity index (χ1) is 34.3. The lowest BCUT2D eigenvalue weighted by atomic mass is 9.68. The fourth-order valence-corrected chi connectivity index (χ4v) is 11.8. The maximum atomic E-state index is 7.06. The lowest BCUT2D eigenvalue weighted by molar-refractivity contribution is 0.674. The Bertz CT molecular complexity index is 4090. The second-order valence-corrected chi connectivity index (χ2v) is 18.3. The van der Waals surface area contributed by atoms with E-state index in [9.17, 15) is 0 Å². The van der Waals surface area contributed by atoms with Gasteiger partial charge in [-0.25, -0.2) is 0 Å². The van der Waals surface area contributed by atoms with Crippen molar-refractivity contribution in [2.24, 2.45) is 0 Å². The number of anilines is 3. The van der Waals surface area contributed by atoms with Crippen LogP contribution in [0, 0.1) is 0 Å². The summed E-state index contributed by atoms with van der Waals surface area (Å²) in [6, 6.07) is 95.6. The predicted molar refractivity (Wildman–Crippen MR) is 289 cm³/mol. The van der Waals surface area contributed by atoms with Crippen molar-refractivity contribution in [2.75, 3.05) is 4.90 Å². The number of fused-ring (bicyclic) bond motifs is 11. The average molecular weight is 878 g/mol. The third kappa shape index (κ3) is 5.86. The normalized spacial score (nSPS) is 12.8. The SMILES string of the molecule is c1ccc(C2(c3ccccc3)c3ccccc3-c3c(N(c4ccc(-c5cc6ccccc6c6ccccc56)cc4)c4ccccc4-c4cccc5c4oc4c6ccccc6ccc54)cccc32)cc1. The van der Waals surface area contributed by atoms with Gasteiger partial charge in [-0.3, -0.25) is 0 Å². The Labute approximate surface area is 400 Å². The van der Waals surface area contributed by atoms with Gasteiger partial charge in [0.2, 0.25) is 0 Å². The third-order valence-corrected chi connectivity index (χ3v) is 14.7. The minimum absolute atomic E-state index is 0.556. The highest BCUT2D eigenvalue weighted by atomic mass is 16.3. The van der Waals surface area contributed by atoms with Crippen molar-refractivity contribution in [1.29, 1.82) is 0 Å². The molecule has 13 aromatic rings. The van der Waals surface area contributed by atoms with E-state index in [-0.39, 0.29) is 0 Å². The first kappa shape index (κ1) is 39.2. The van der Waals surface area contributed by atoms with E-state index >= 15 is 0 Å². The summed E-state index contributed by atoms with van der Waals surface area (Å²) in [6.45, 7) is 0. The number of nitrogens with zero attached hydrogens (tertiary/aromatic N) is 1. The van der Waals surface area contributed by atoms with E-state index < -0.39 is 5.41 Å². The molecule has 0 N–H and O–H groups in total. The summed E-state index contributed by atoms with van der Waals surface area (Å²) in [5.74, 6) is 0. The van der Waals surface area contributed by atoms with Crippen LogP contribution in [0.2, 0.25) is 0 Å². The van der Waals surface area contributed by atoms with Crippen LogP contribution in [0.5, 0.6) is 0 Å². The predicted octanol–water partition coefficient (Wildman–Crippen LogP) is 18.2. The van der Waals surface area contributed by atoms with Crippen molar-refractivity contribution in [3.8, 4) is 33.4 Å². The minimum Gasteiger partial charge on any atom is -0.455 e. The van der Waals surface area contributed by atoms with E-state index in [0.29, 0.717) is 0 Å². The largest absolute Gasteiger partial charge is 0.455 e. The van der Waals surface area contributed by atoms with Crippen LogP contribution in [0.1, 0.15) is 22.3 Å². The van der Waals surface area contributed by atoms with Gasteiger partial charge < -0.3 is 9.32 Å². The average Bonchev–Trinajstić information content (AvgIpc) is 3.97. The molecule has 1 aliphatic carbocycles. The van der Waals surface area contributed by atoms with E-state index in [1.807, 2.05) is 0 Å². The highest BCUT2D eigenvalue weighted by Gasteiger charge is 2.47. The molecule has 0 aliphatic heterocycles. The zero-order valence-corrected chi connectivity index (χ0v) is 37.7. The van der Waals surface area contributed by atoms with Crippen LogP contribution in [0.25, 0.3) is 87.6 Å². The summed E-state index contributed by atoms with van der Waals surface area (Å²) in [5.41, 5.74) is 16.4. The van der Waals surface area contributed by atoms with Gasteiger partial charge >= 0.3 is 0 Å². The van der Waals surface area contributed by atoms with Gasteiger partial charge in [0.25, 0.3) is 0 Å². The zero-order valence-electron chi connectivity index (χ0n) is 37.7. The smallest absolute Gasteiger partial charge is 0.143 e. The Morgan fingerprint density at radius 2 is 0.855 bits per heavy atom. The highest BCUT2D eigenvalue weighted by molar-refractivity contribution is 6.18. The van der Waals surface area contributed by atoms with Gasteiger partial charge in [-0.05, 0) is 102 Å². The molecule has 69 heavy (non-hydrogen) atoms. The van der Waals surface area contributed by atoms with Crippen molar-refractivity contribution in [3.63, 3.8) is 0 Å². The maximum absolute atomic E-state index is 7.06. The van der Waals surface area contributed by atoms with Crippen molar-refractivity contribution < 1.29 is 4.42 Å². The number of benzene rings is 12. The highest BCUT2D eigenvalue weighted by Crippen LogP contribution is 2.60. The van der Waals surface area contributed by atoms with Gasteiger partial charge in [0.15, 0.2) is 0 Å². The molecule has 0 saturated carbocycles. The van der Waals surface area contributed by atoms with Crippen molar-refractivity contribution in [3.05, 3.63) is 283 Å². The Hall–Kier alpha value is -8.98. The molecule has 0 spiro atoms. The van der Waals surface area contributed by atoms with E-state index in [0.717, 1.165) is 60.9 Å². The summed E-state index contributed by atoms with van der Waals surface area (Å²) < 4.78 is 7.06. The molecule has 14 rings (SSSR count). The summed E-state index contributed by atoms with van der Waals surface area (Å²) in [5, 5.41) is 9.51. The Balaban J connectivity index is 1.04. The molecule has 0 saturated heterocycles. The second-order valence-electron chi connectivity index (χ2n) is 18.3. The van der Waals surface area contributed by atoms with Gasteiger partial charge in [-0.2, -0.15) is 0 Å². The van der Waals surface area contributed by atoms with E-state index in [1.54, 1.807) is 0 Å². The molecule has 0 radical (unpaired) electrons. The molecule has 0 amide bonds. The third-order valence-electron chi connectivity index (χ3n) is 14.7. The van der Waals surface area contributed by atoms with Crippen LogP contribution in [0.4, 0.5) is 17.1 Å². The van der Waals surface area contributed by atoms with E-state index in [2.05, 4.69) is 266 Å². The lowest BCUT2D eigenvalue weighted by Crippen LogP contribution is -2.28. The van der Waals surface area contributed by atoms with Crippen LogP contribution in [0.15, 0.2) is 265 Å². The maximum Gasteiger partial charge on any atom is 0.143 e. The molecule has 2 nitrogen and oxygen atoms in total. The van der Waals surface area contributed by atoms with Gasteiger partial charge in [-0.15, -0.1) is 0 Å². The van der Waals surface area contributed by atoms with Crippen molar-refractivity contribution >= 4 is 71.3 Å². The molecule has 322 valence electrons. The number of hydrogen-bond acceptors (Lipinski definition) is 2. The quantitative estimate of drug-likeness (QED) is 0.148. The molecular weight excluding hydrogens is 835 g/mol. The number of furan rings is 1. The topological polar surface area (TPSA) is 16.4 Å². The molecule has 1 aromatic heterocycles. The molecule has 0 fully saturated rings. The van der Waals surface area contributed by atoms with E-state index in [4.69, 9.17) is 4.42 Å². The Morgan fingerprint density at radius 3 is 1.64 bits per heavy atom. The summed E-state index contributed by atoms with van der Waals surface area (Å²) in [4.78, 5) is 2.50. The molecular formula is C67H43NO. The minimum atomic E-state index is -0.556. The second kappa shape index (κ2) is 15.6. The van der Waals surface area contributed by atoms with Crippen molar-refractivity contribution in [2.45, 2.75) is 5.41 Å². The molecule has 12 aromatic carbocycles. The molecule has 1 heterocycles. The fraction of sp³-hybridized carbons (Fsp3) is 0.0149. The van der Waals surface area contributed by atoms with Gasteiger partial charge in [-0.1, -0.05) is 224 Å². The Morgan fingerprint density at radius 1 is 0.304 bits per heavy atom. The van der Waals surface area contributed by atoms with Gasteiger partial charge in [0, 0.05) is 38.5 Å². The molecule has 0 unspecified atom stereocenters. The number of para-hydroxylation sites is 2. The number of rotatable bonds is 7. The van der Waals surface area contributed by atoms with Crippen LogP contribution >= 0.6 is 0 Å². The monoisotopic (exact) mass is 877 g/mol. The summed E-state index contributed by atoms with van der Waals surface area (Å²) in [6.07, 6.45) is 0. The van der Waals surface area contributed by atoms with Crippen LogP contribution < -0.4 is 4.90 Å². The van der Waals surface area contributed by atoms with Gasteiger partial charge in [0.1, 0.15) is 11.2 Å². The fourth-order valence-electron chi connectivity index (χ4n) is 11.8. The molecule has 0 atom stereocenters. The van der Waals surface area contributed by atoms with Crippen LogP contribution in [-0.2, 0) is 5.41 Å². The number of hydrogen-bond donors (Lipinski definition) is 0. The lowest BCUT2D eigenvalue weighted by Gasteiger charge is -2.34. The first-order valence-electron chi connectivity index (χ1n) is 23.8. The summed E-state index contributed by atoms with van der Waals surface area (Å²) >= 11 is 0. The first-order valence-corrected chi connectivity index (χ1v) is 23.8. The van der Waals surface area contributed by atoms with E-state index in [1.165, 1.54) is 66.1 Å². The Kier molecular flexibility index (Phi) is 8.84. The van der Waals surface area contributed by atoms with Crippen LogP contribution in [0.3, 0.4) is 0 Å². The molecule has 2 heteroatoms. The van der Waals surface area contributed by atoms with Crippen molar-refractivity contribution in [1.82, 2.24) is 0 Å². The zero-order chi connectivity index (χ0) is 45.5.